The van der Waals surface area contributed by atoms with E-state index in [2.05, 4.69) is 58.1 Å². The molecule has 246 valence electrons. The number of pyridine rings is 1. The van der Waals surface area contributed by atoms with Crippen molar-refractivity contribution in [1.82, 2.24) is 15.2 Å². The Bertz CT molecular complexity index is 1750. The maximum Gasteiger partial charge on any atom is 0.337 e. The second kappa shape index (κ2) is 12.7. The van der Waals surface area contributed by atoms with Crippen molar-refractivity contribution in [3.05, 3.63) is 88.7 Å². The topological polar surface area (TPSA) is 91.7 Å². The molecule has 8 nitrogen and oxygen atoms in total. The highest BCUT2D eigenvalue weighted by Crippen LogP contribution is 2.45. The van der Waals surface area contributed by atoms with Gasteiger partial charge in [0.25, 0.3) is 0 Å². The van der Waals surface area contributed by atoms with Crippen LogP contribution in [0.15, 0.2) is 60.7 Å². The fraction of sp³-hybridized carbons (Fsp3) is 0.436. The summed E-state index contributed by atoms with van der Waals surface area (Å²) in [5.74, 6) is -0.125. The first-order chi connectivity index (χ1) is 22.3. The average molecular weight is 634 g/mol. The van der Waals surface area contributed by atoms with E-state index in [1.54, 1.807) is 0 Å². The third-order valence-electron chi connectivity index (χ3n) is 9.52. The molecule has 0 spiro atoms. The zero-order chi connectivity index (χ0) is 33.5. The Morgan fingerprint density at radius 3 is 2.23 bits per heavy atom. The Morgan fingerprint density at radius 1 is 0.872 bits per heavy atom. The number of aliphatic carboxylic acids is 1. The quantitative estimate of drug-likeness (QED) is 0.219. The maximum absolute atomic E-state index is 12.8. The highest BCUT2D eigenvalue weighted by Gasteiger charge is 2.36. The molecule has 0 bridgehead atoms. The van der Waals surface area contributed by atoms with Crippen molar-refractivity contribution in [3.63, 3.8) is 0 Å². The number of carboxylic acid groups (broad SMARTS) is 1. The van der Waals surface area contributed by atoms with Crippen LogP contribution in [0.2, 0.25) is 0 Å². The Kier molecular flexibility index (Phi) is 8.83. The van der Waals surface area contributed by atoms with Gasteiger partial charge in [-0.25, -0.2) is 4.79 Å². The number of rotatable bonds is 7. The van der Waals surface area contributed by atoms with Crippen molar-refractivity contribution in [1.29, 1.82) is 0 Å². The van der Waals surface area contributed by atoms with Gasteiger partial charge in [0.05, 0.1) is 17.0 Å². The molecular weight excluding hydrogens is 586 g/mol. The molecule has 47 heavy (non-hydrogen) atoms. The number of aryl methyl sites for hydroxylation is 2. The molecule has 8 heteroatoms. The van der Waals surface area contributed by atoms with Gasteiger partial charge in [-0.05, 0) is 88.1 Å². The Hall–Kier alpha value is -4.30. The van der Waals surface area contributed by atoms with Gasteiger partial charge in [-0.1, -0.05) is 62.4 Å². The summed E-state index contributed by atoms with van der Waals surface area (Å²) in [5, 5.41) is 19.6. The van der Waals surface area contributed by atoms with E-state index in [-0.39, 0.29) is 5.41 Å². The summed E-state index contributed by atoms with van der Waals surface area (Å²) in [5.41, 5.74) is 9.35. The van der Waals surface area contributed by atoms with Gasteiger partial charge >= 0.3 is 5.97 Å². The van der Waals surface area contributed by atoms with Crippen LogP contribution in [0.3, 0.4) is 0 Å². The summed E-state index contributed by atoms with van der Waals surface area (Å²) in [4.78, 5) is 22.5. The number of hydrogen-bond donors (Lipinski definition) is 1. The Morgan fingerprint density at radius 2 is 1.60 bits per heavy atom. The van der Waals surface area contributed by atoms with Crippen LogP contribution in [-0.4, -0.2) is 51.5 Å². The lowest BCUT2D eigenvalue weighted by Crippen LogP contribution is -2.39. The number of anilines is 2. The maximum atomic E-state index is 12.8. The molecule has 0 aliphatic carbocycles. The molecule has 1 atom stereocenters. The second-order valence-electron chi connectivity index (χ2n) is 14.8. The largest absolute Gasteiger partial charge is 0.479 e. The number of piperidine rings is 1. The van der Waals surface area contributed by atoms with Crippen LogP contribution < -0.4 is 9.80 Å². The molecule has 2 aromatic carbocycles. The van der Waals surface area contributed by atoms with Crippen LogP contribution in [0, 0.1) is 19.3 Å². The zero-order valence-corrected chi connectivity index (χ0v) is 28.8. The minimum atomic E-state index is -1.13. The minimum absolute atomic E-state index is 0.242. The Balaban J connectivity index is 1.37. The van der Waals surface area contributed by atoms with Crippen LogP contribution in [-0.2, 0) is 22.5 Å². The average Bonchev–Trinajstić information content (AvgIpc) is 3.03. The standard InChI is InChI=1S/C39H47N5O3/c1-25-33(35(43-21-18-39(6,7)19-22-43)34(26(2)40-25)36(37(45)46)47-38(3,4)5)29-13-14-30-24-44(20-17-28(30)23-29)32-16-15-31(41-42-32)27-11-9-8-10-12-27/h8-16,23,36H,17-22,24H2,1-7H3,(H,45,46). The van der Waals surface area contributed by atoms with Crippen LogP contribution >= 0.6 is 0 Å². The van der Waals surface area contributed by atoms with Crippen molar-refractivity contribution >= 4 is 17.5 Å². The summed E-state index contributed by atoms with van der Waals surface area (Å²) in [6.45, 7) is 17.6. The van der Waals surface area contributed by atoms with Crippen LogP contribution in [0.4, 0.5) is 11.5 Å². The van der Waals surface area contributed by atoms with Crippen molar-refractivity contribution in [3.8, 4) is 22.4 Å². The van der Waals surface area contributed by atoms with Crippen LogP contribution in [0.5, 0.6) is 0 Å². The lowest BCUT2D eigenvalue weighted by atomic mass is 9.81. The van der Waals surface area contributed by atoms with Gasteiger partial charge in [0.1, 0.15) is 0 Å². The van der Waals surface area contributed by atoms with Crippen LogP contribution in [0.25, 0.3) is 22.4 Å². The number of ether oxygens (including phenoxy) is 1. The monoisotopic (exact) mass is 633 g/mol. The lowest BCUT2D eigenvalue weighted by molar-refractivity contribution is -0.160. The predicted octanol–water partition coefficient (Wildman–Crippen LogP) is 7.95. The molecule has 0 radical (unpaired) electrons. The highest BCUT2D eigenvalue weighted by atomic mass is 16.5. The molecule has 0 saturated carbocycles. The lowest BCUT2D eigenvalue weighted by Gasteiger charge is -2.41. The molecular formula is C39H47N5O3. The van der Waals surface area contributed by atoms with Crippen LogP contribution in [0.1, 0.15) is 81.6 Å². The third kappa shape index (κ3) is 7.03. The molecule has 2 aliphatic rings. The number of fused-ring (bicyclic) bond motifs is 1. The van der Waals surface area contributed by atoms with Gasteiger partial charge in [-0.2, -0.15) is 0 Å². The molecule has 1 fully saturated rings. The molecule has 4 aromatic rings. The zero-order valence-electron chi connectivity index (χ0n) is 28.8. The molecule has 6 rings (SSSR count). The number of carboxylic acids is 1. The van der Waals surface area contributed by atoms with E-state index in [4.69, 9.17) is 9.72 Å². The number of carbonyl (C=O) groups is 1. The molecule has 0 amide bonds. The van der Waals surface area contributed by atoms with Gasteiger partial charge in [0, 0.05) is 54.3 Å². The van der Waals surface area contributed by atoms with E-state index in [1.807, 2.05) is 71.0 Å². The molecule has 1 saturated heterocycles. The first-order valence-electron chi connectivity index (χ1n) is 16.7. The van der Waals surface area contributed by atoms with Crippen molar-refractivity contribution in [2.75, 3.05) is 29.4 Å². The van der Waals surface area contributed by atoms with Crippen molar-refractivity contribution < 1.29 is 14.6 Å². The summed E-state index contributed by atoms with van der Waals surface area (Å²) < 4.78 is 6.26. The van der Waals surface area contributed by atoms with E-state index in [0.29, 0.717) is 11.3 Å². The summed E-state index contributed by atoms with van der Waals surface area (Å²) in [7, 11) is 0. The third-order valence-corrected chi connectivity index (χ3v) is 9.52. The fourth-order valence-electron chi connectivity index (χ4n) is 6.92. The van der Waals surface area contributed by atoms with Gasteiger partial charge < -0.3 is 19.6 Å². The van der Waals surface area contributed by atoms with E-state index < -0.39 is 17.7 Å². The van der Waals surface area contributed by atoms with Gasteiger partial charge in [-0.15, -0.1) is 10.2 Å². The van der Waals surface area contributed by atoms with E-state index >= 15 is 0 Å². The smallest absolute Gasteiger partial charge is 0.337 e. The van der Waals surface area contributed by atoms with E-state index in [0.717, 1.165) is 85.0 Å². The van der Waals surface area contributed by atoms with E-state index in [1.165, 1.54) is 11.1 Å². The first-order valence-corrected chi connectivity index (χ1v) is 16.7. The first kappa shape index (κ1) is 32.6. The predicted molar refractivity (Wildman–Crippen MR) is 188 cm³/mol. The fourth-order valence-corrected chi connectivity index (χ4v) is 6.92. The number of benzene rings is 2. The summed E-state index contributed by atoms with van der Waals surface area (Å²) in [6, 6.07) is 20.9. The SMILES string of the molecule is Cc1nc(C)c(C(OC(C)(C)C)C(=O)O)c(N2CCC(C)(C)CC2)c1-c1ccc2c(c1)CCN(c1ccc(-c3ccccc3)nn1)C2. The normalized spacial score (nSPS) is 16.9. The van der Waals surface area contributed by atoms with Gasteiger partial charge in [0.15, 0.2) is 11.9 Å². The molecule has 2 aliphatic heterocycles. The molecule has 1 N–H and O–H groups in total. The van der Waals surface area contributed by atoms with E-state index in [9.17, 15) is 9.90 Å². The summed E-state index contributed by atoms with van der Waals surface area (Å²) >= 11 is 0. The number of aromatic nitrogens is 3. The summed E-state index contributed by atoms with van der Waals surface area (Å²) in [6.07, 6.45) is 1.79. The van der Waals surface area contributed by atoms with Crippen molar-refractivity contribution in [2.45, 2.75) is 86.0 Å². The molecule has 4 heterocycles. The minimum Gasteiger partial charge on any atom is -0.479 e. The highest BCUT2D eigenvalue weighted by molar-refractivity contribution is 5.88. The number of nitrogens with zero attached hydrogens (tertiary/aromatic N) is 5. The van der Waals surface area contributed by atoms with Crippen molar-refractivity contribution in [2.24, 2.45) is 5.41 Å². The van der Waals surface area contributed by atoms with Gasteiger partial charge in [-0.3, -0.25) is 4.98 Å². The second-order valence-corrected chi connectivity index (χ2v) is 14.8. The molecule has 1 unspecified atom stereocenters. The van der Waals surface area contributed by atoms with Gasteiger partial charge in [0.2, 0.25) is 0 Å². The Labute approximate surface area is 278 Å². The number of hydrogen-bond acceptors (Lipinski definition) is 7. The molecule has 2 aromatic heterocycles.